The van der Waals surface area contributed by atoms with Gasteiger partial charge in [-0.05, 0) is 18.6 Å². The topological polar surface area (TPSA) is 54.3 Å². The van der Waals surface area contributed by atoms with Crippen molar-refractivity contribution in [3.8, 4) is 0 Å². The first-order valence-electron chi connectivity index (χ1n) is 8.49. The fraction of sp³-hybridized carbons (Fsp3) is 0.529. The first-order valence-corrected chi connectivity index (χ1v) is 10.5. The lowest BCUT2D eigenvalue weighted by molar-refractivity contribution is 0.559. The quantitative estimate of drug-likeness (QED) is 0.454. The number of halogens is 2. The number of hydrogen-bond donors (Lipinski definition) is 1. The third kappa shape index (κ3) is 4.25. The van der Waals surface area contributed by atoms with Crippen molar-refractivity contribution < 1.29 is 8.42 Å². The Hall–Kier alpha value is -0.950. The van der Waals surface area contributed by atoms with E-state index in [0.717, 1.165) is 42.5 Å². The maximum absolute atomic E-state index is 12.8. The summed E-state index contributed by atoms with van der Waals surface area (Å²) in [5.74, 6) is 0.171. The number of aromatic nitrogens is 1. The molecular weight excluding hydrogens is 381 g/mol. The molecule has 0 radical (unpaired) electrons. The number of para-hydroxylation sites is 1. The zero-order chi connectivity index (χ0) is 17.2. The second kappa shape index (κ2) is 8.62. The van der Waals surface area contributed by atoms with E-state index >= 15 is 0 Å². The van der Waals surface area contributed by atoms with E-state index in [0.29, 0.717) is 13.0 Å². The van der Waals surface area contributed by atoms with E-state index in [1.54, 1.807) is 6.20 Å². The minimum atomic E-state index is -3.36. The number of unbranched alkanes of at least 4 members (excludes halogenated alkanes) is 2. The number of nitrogens with zero attached hydrogens (tertiary/aromatic N) is 2. The van der Waals surface area contributed by atoms with Gasteiger partial charge in [-0.2, -0.15) is 0 Å². The number of alkyl halides is 1. The molecule has 1 aliphatic rings. The van der Waals surface area contributed by atoms with E-state index in [1.807, 2.05) is 24.3 Å². The van der Waals surface area contributed by atoms with Crippen LogP contribution in [0.15, 0.2) is 30.5 Å². The molecule has 1 aromatic heterocycles. The van der Waals surface area contributed by atoms with Crippen LogP contribution in [0.3, 0.4) is 0 Å². The Bertz CT molecular complexity index is 807. The molecule has 0 bridgehead atoms. The van der Waals surface area contributed by atoms with Crippen molar-refractivity contribution in [1.29, 1.82) is 0 Å². The monoisotopic (exact) mass is 405 g/mol. The van der Waals surface area contributed by atoms with Crippen LogP contribution in [0.4, 0.5) is 5.69 Å². The van der Waals surface area contributed by atoms with E-state index in [1.165, 1.54) is 3.97 Å². The molecule has 25 heavy (non-hydrogen) atoms. The summed E-state index contributed by atoms with van der Waals surface area (Å²) < 4.78 is 27.0. The zero-order valence-electron chi connectivity index (χ0n) is 14.3. The Morgan fingerprint density at radius 3 is 2.80 bits per heavy atom. The molecular formula is C17H25Cl2N3O2S. The maximum atomic E-state index is 12.8. The number of benzene rings is 1. The summed E-state index contributed by atoms with van der Waals surface area (Å²) in [4.78, 5) is 2.08. The third-order valence-corrected chi connectivity index (χ3v) is 6.55. The molecule has 0 aliphatic carbocycles. The van der Waals surface area contributed by atoms with Gasteiger partial charge in [0.25, 0.3) is 0 Å². The second-order valence-electron chi connectivity index (χ2n) is 6.18. The summed E-state index contributed by atoms with van der Waals surface area (Å²) in [7, 11) is -3.36. The van der Waals surface area contributed by atoms with Crippen molar-refractivity contribution in [3.05, 3.63) is 30.5 Å². The fourth-order valence-electron chi connectivity index (χ4n) is 3.18. The Kier molecular flexibility index (Phi) is 7.02. The van der Waals surface area contributed by atoms with Crippen LogP contribution in [0.5, 0.6) is 0 Å². The molecule has 140 valence electrons. The van der Waals surface area contributed by atoms with Gasteiger partial charge in [0.2, 0.25) is 10.0 Å². The smallest absolute Gasteiger partial charge is 0.239 e. The Morgan fingerprint density at radius 1 is 1.28 bits per heavy atom. The third-order valence-electron chi connectivity index (χ3n) is 4.45. The molecule has 1 N–H and O–H groups in total. The van der Waals surface area contributed by atoms with Crippen LogP contribution in [0.25, 0.3) is 10.9 Å². The highest BCUT2D eigenvalue weighted by Gasteiger charge is 2.25. The van der Waals surface area contributed by atoms with Crippen molar-refractivity contribution >= 4 is 50.6 Å². The molecule has 1 saturated heterocycles. The van der Waals surface area contributed by atoms with Crippen LogP contribution in [-0.4, -0.2) is 43.3 Å². The predicted octanol–water partition coefficient (Wildman–Crippen LogP) is 3.41. The molecule has 0 spiro atoms. The minimum Gasteiger partial charge on any atom is -0.351 e. The number of nitrogens with one attached hydrogen (secondary N) is 1. The van der Waals surface area contributed by atoms with Gasteiger partial charge in [-0.3, -0.25) is 0 Å². The van der Waals surface area contributed by atoms with Crippen LogP contribution in [0.1, 0.15) is 26.2 Å². The van der Waals surface area contributed by atoms with Crippen molar-refractivity contribution in [2.45, 2.75) is 31.7 Å². The van der Waals surface area contributed by atoms with Crippen molar-refractivity contribution in [2.75, 3.05) is 30.3 Å². The molecule has 1 atom stereocenters. The van der Waals surface area contributed by atoms with Gasteiger partial charge >= 0.3 is 0 Å². The number of rotatable bonds is 6. The molecule has 1 aliphatic heterocycles. The summed E-state index contributed by atoms with van der Waals surface area (Å²) in [5, 5.41) is 4.18. The number of piperazine rings is 1. The van der Waals surface area contributed by atoms with Crippen LogP contribution >= 0.6 is 24.0 Å². The largest absolute Gasteiger partial charge is 0.351 e. The molecule has 1 fully saturated rings. The van der Waals surface area contributed by atoms with E-state index < -0.39 is 10.0 Å². The van der Waals surface area contributed by atoms with Gasteiger partial charge in [-0.15, -0.1) is 12.4 Å². The van der Waals surface area contributed by atoms with Crippen molar-refractivity contribution in [3.63, 3.8) is 0 Å². The van der Waals surface area contributed by atoms with Gasteiger partial charge in [0.15, 0.2) is 0 Å². The van der Waals surface area contributed by atoms with E-state index in [-0.39, 0.29) is 23.7 Å². The van der Waals surface area contributed by atoms with Crippen LogP contribution in [0, 0.1) is 0 Å². The van der Waals surface area contributed by atoms with Crippen LogP contribution < -0.4 is 10.2 Å². The Morgan fingerprint density at radius 2 is 2.08 bits per heavy atom. The fourth-order valence-corrected chi connectivity index (χ4v) is 4.99. The Labute approximate surface area is 160 Å². The Balaban J connectivity index is 0.00000225. The van der Waals surface area contributed by atoms with E-state index in [4.69, 9.17) is 11.6 Å². The molecule has 2 aromatic rings. The van der Waals surface area contributed by atoms with Gasteiger partial charge < -0.3 is 10.2 Å². The lowest BCUT2D eigenvalue weighted by atomic mass is 10.2. The molecule has 5 nitrogen and oxygen atoms in total. The molecule has 1 aromatic carbocycles. The van der Waals surface area contributed by atoms with Gasteiger partial charge in [0, 0.05) is 31.2 Å². The standard InChI is InChI=1S/C17H24ClN3O2S.ClH/c1-2-3-4-12-24(22,23)21-10-8-14-6-5-7-15(17(14)21)20-11-9-19-13-16(20)18;/h5-8,10,16,19H,2-4,9,11-13H2,1H3;1H. The summed E-state index contributed by atoms with van der Waals surface area (Å²) in [6.45, 7) is 4.35. The molecule has 8 heteroatoms. The lowest BCUT2D eigenvalue weighted by Gasteiger charge is -2.34. The minimum absolute atomic E-state index is 0. The highest BCUT2D eigenvalue weighted by molar-refractivity contribution is 7.90. The van der Waals surface area contributed by atoms with Gasteiger partial charge in [0.05, 0.1) is 17.0 Å². The SMILES string of the molecule is CCCCCS(=O)(=O)n1ccc2cccc(N3CCNCC3Cl)c21.Cl. The van der Waals surface area contributed by atoms with Crippen molar-refractivity contribution in [2.24, 2.45) is 0 Å². The predicted molar refractivity (Wildman–Crippen MR) is 108 cm³/mol. The normalized spacial score (nSPS) is 18.3. The summed E-state index contributed by atoms with van der Waals surface area (Å²) in [6, 6.07) is 7.72. The summed E-state index contributed by atoms with van der Waals surface area (Å²) >= 11 is 6.46. The molecule has 1 unspecified atom stereocenters. The molecule has 0 saturated carbocycles. The van der Waals surface area contributed by atoms with E-state index in [2.05, 4.69) is 17.1 Å². The first kappa shape index (κ1) is 20.4. The maximum Gasteiger partial charge on any atom is 0.239 e. The first-order chi connectivity index (χ1) is 11.5. The van der Waals surface area contributed by atoms with Gasteiger partial charge in [0.1, 0.15) is 5.50 Å². The second-order valence-corrected chi connectivity index (χ2v) is 8.65. The number of fused-ring (bicyclic) bond motifs is 1. The lowest BCUT2D eigenvalue weighted by Crippen LogP contribution is -2.48. The average molecular weight is 406 g/mol. The van der Waals surface area contributed by atoms with Crippen molar-refractivity contribution in [1.82, 2.24) is 9.29 Å². The van der Waals surface area contributed by atoms with Gasteiger partial charge in [-0.1, -0.05) is 43.5 Å². The van der Waals surface area contributed by atoms with E-state index in [9.17, 15) is 8.42 Å². The van der Waals surface area contributed by atoms with Crippen LogP contribution in [0.2, 0.25) is 0 Å². The zero-order valence-corrected chi connectivity index (χ0v) is 16.7. The average Bonchev–Trinajstić information content (AvgIpc) is 3.00. The highest BCUT2D eigenvalue weighted by atomic mass is 35.5. The van der Waals surface area contributed by atoms with Crippen LogP contribution in [-0.2, 0) is 10.0 Å². The molecule has 2 heterocycles. The number of anilines is 1. The summed E-state index contributed by atoms with van der Waals surface area (Å²) in [5.41, 5.74) is 1.44. The highest BCUT2D eigenvalue weighted by Crippen LogP contribution is 2.31. The summed E-state index contributed by atoms with van der Waals surface area (Å²) in [6.07, 6.45) is 4.28. The van der Waals surface area contributed by atoms with Gasteiger partial charge in [-0.25, -0.2) is 12.4 Å². The number of hydrogen-bond acceptors (Lipinski definition) is 4. The molecule has 0 amide bonds. The molecule has 3 rings (SSSR count).